The zero-order valence-corrected chi connectivity index (χ0v) is 13.8. The predicted molar refractivity (Wildman–Crippen MR) is 91.5 cm³/mol. The Balaban J connectivity index is 1.55. The lowest BCUT2D eigenvalue weighted by Crippen LogP contribution is -2.31. The fourth-order valence-electron chi connectivity index (χ4n) is 3.07. The zero-order chi connectivity index (χ0) is 16.9. The molecule has 4 heteroatoms. The Labute approximate surface area is 141 Å². The van der Waals surface area contributed by atoms with E-state index >= 15 is 0 Å². The summed E-state index contributed by atoms with van der Waals surface area (Å²) in [4.78, 5) is 12.0. The molecule has 0 aromatic heterocycles. The Morgan fingerprint density at radius 1 is 1.12 bits per heavy atom. The summed E-state index contributed by atoms with van der Waals surface area (Å²) in [5.41, 5.74) is 3.95. The summed E-state index contributed by atoms with van der Waals surface area (Å²) >= 11 is 0. The van der Waals surface area contributed by atoms with Gasteiger partial charge in [0.25, 0.3) is 5.91 Å². The van der Waals surface area contributed by atoms with Gasteiger partial charge in [-0.2, -0.15) is 0 Å². The molecule has 0 radical (unpaired) electrons. The van der Waals surface area contributed by atoms with E-state index in [4.69, 9.17) is 4.74 Å². The van der Waals surface area contributed by atoms with Crippen LogP contribution in [-0.4, -0.2) is 12.5 Å². The maximum Gasteiger partial charge on any atom is 0.258 e. The van der Waals surface area contributed by atoms with E-state index in [-0.39, 0.29) is 24.4 Å². The highest BCUT2D eigenvalue weighted by atomic mass is 19.1. The van der Waals surface area contributed by atoms with Crippen LogP contribution in [0.1, 0.15) is 42.5 Å². The Morgan fingerprint density at radius 2 is 1.83 bits per heavy atom. The van der Waals surface area contributed by atoms with Gasteiger partial charge in [0, 0.05) is 0 Å². The Kier molecular flexibility index (Phi) is 5.14. The second kappa shape index (κ2) is 7.47. The molecular formula is C20H22FNO2. The molecule has 1 amide bonds. The molecule has 0 saturated heterocycles. The first-order valence-electron chi connectivity index (χ1n) is 8.41. The fraction of sp³-hybridized carbons (Fsp3) is 0.350. The average Bonchev–Trinajstić information content (AvgIpc) is 2.61. The summed E-state index contributed by atoms with van der Waals surface area (Å²) in [6, 6.07) is 12.1. The van der Waals surface area contributed by atoms with Crippen LogP contribution < -0.4 is 10.1 Å². The molecule has 0 fully saturated rings. The third kappa shape index (κ3) is 4.13. The molecule has 0 aliphatic heterocycles. The molecule has 24 heavy (non-hydrogen) atoms. The van der Waals surface area contributed by atoms with Gasteiger partial charge in [0.15, 0.2) is 6.61 Å². The summed E-state index contributed by atoms with van der Waals surface area (Å²) in [6.45, 7) is 1.89. The Bertz CT molecular complexity index is 712. The third-order valence-corrected chi connectivity index (χ3v) is 4.43. The monoisotopic (exact) mass is 327 g/mol. The van der Waals surface area contributed by atoms with Gasteiger partial charge in [0.2, 0.25) is 0 Å². The van der Waals surface area contributed by atoms with Gasteiger partial charge in [-0.05, 0) is 73.6 Å². The quantitative estimate of drug-likeness (QED) is 0.903. The summed E-state index contributed by atoms with van der Waals surface area (Å²) in [5, 5.41) is 2.95. The highest BCUT2D eigenvalue weighted by Crippen LogP contribution is 2.24. The van der Waals surface area contributed by atoms with Crippen LogP contribution in [0.5, 0.6) is 5.75 Å². The van der Waals surface area contributed by atoms with Crippen molar-refractivity contribution in [2.45, 2.75) is 38.6 Å². The molecule has 2 aromatic rings. The highest BCUT2D eigenvalue weighted by Gasteiger charge is 2.14. The lowest BCUT2D eigenvalue weighted by atomic mass is 9.89. The topological polar surface area (TPSA) is 38.3 Å². The van der Waals surface area contributed by atoms with Crippen molar-refractivity contribution in [2.24, 2.45) is 0 Å². The number of halogens is 1. The lowest BCUT2D eigenvalue weighted by molar-refractivity contribution is -0.123. The second-order valence-electron chi connectivity index (χ2n) is 6.27. The summed E-state index contributed by atoms with van der Waals surface area (Å²) < 4.78 is 18.2. The highest BCUT2D eigenvalue weighted by molar-refractivity contribution is 5.78. The van der Waals surface area contributed by atoms with Crippen molar-refractivity contribution in [1.29, 1.82) is 0 Å². The number of benzene rings is 2. The predicted octanol–water partition coefficient (Wildman–Crippen LogP) is 3.96. The zero-order valence-electron chi connectivity index (χ0n) is 13.8. The molecule has 0 spiro atoms. The number of ether oxygens (including phenoxy) is 1. The minimum absolute atomic E-state index is 0.0680. The van der Waals surface area contributed by atoms with Crippen LogP contribution in [0.4, 0.5) is 4.39 Å². The molecule has 2 aromatic carbocycles. The van der Waals surface area contributed by atoms with E-state index in [1.165, 1.54) is 48.2 Å². The van der Waals surface area contributed by atoms with E-state index in [0.717, 1.165) is 18.4 Å². The number of carbonyl (C=O) groups excluding carboxylic acids is 1. The molecule has 1 atom stereocenters. The molecule has 0 saturated carbocycles. The first kappa shape index (κ1) is 16.5. The Morgan fingerprint density at radius 3 is 2.58 bits per heavy atom. The van der Waals surface area contributed by atoms with Crippen LogP contribution in [-0.2, 0) is 17.6 Å². The van der Waals surface area contributed by atoms with Gasteiger partial charge in [0.1, 0.15) is 11.6 Å². The normalized spacial score (nSPS) is 14.6. The van der Waals surface area contributed by atoms with Crippen LogP contribution in [0.25, 0.3) is 0 Å². The molecule has 1 aliphatic carbocycles. The molecule has 0 bridgehead atoms. The van der Waals surface area contributed by atoms with E-state index in [1.54, 1.807) is 0 Å². The van der Waals surface area contributed by atoms with Gasteiger partial charge >= 0.3 is 0 Å². The number of amides is 1. The van der Waals surface area contributed by atoms with Crippen molar-refractivity contribution in [3.05, 3.63) is 65.0 Å². The minimum atomic E-state index is -0.326. The Hall–Kier alpha value is -2.36. The largest absolute Gasteiger partial charge is 0.484 e. The van der Waals surface area contributed by atoms with E-state index < -0.39 is 0 Å². The van der Waals surface area contributed by atoms with Crippen LogP contribution in [0.15, 0.2) is 42.5 Å². The standard InChI is InChI=1S/C20H22FNO2/c1-14(16-7-6-15-4-2-3-5-17(15)12-16)22-20(23)13-24-19-10-8-18(21)9-11-19/h6-12,14H,2-5,13H2,1H3,(H,22,23)/t14-/m1/s1. The molecule has 0 unspecified atom stereocenters. The van der Waals surface area contributed by atoms with Crippen molar-refractivity contribution in [3.63, 3.8) is 0 Å². The number of rotatable bonds is 5. The van der Waals surface area contributed by atoms with Crippen molar-refractivity contribution in [3.8, 4) is 5.75 Å². The molecule has 3 rings (SSSR count). The maximum atomic E-state index is 12.8. The average molecular weight is 327 g/mol. The van der Waals surface area contributed by atoms with Gasteiger partial charge in [-0.25, -0.2) is 4.39 Å². The SMILES string of the molecule is C[C@@H](NC(=O)COc1ccc(F)cc1)c1ccc2c(c1)CCCC2. The number of fused-ring (bicyclic) bond motifs is 1. The first-order valence-corrected chi connectivity index (χ1v) is 8.41. The summed E-state index contributed by atoms with van der Waals surface area (Å²) in [7, 11) is 0. The van der Waals surface area contributed by atoms with Crippen molar-refractivity contribution < 1.29 is 13.9 Å². The molecule has 126 valence electrons. The summed E-state index contributed by atoms with van der Waals surface area (Å²) in [5.74, 6) is -0.0367. The van der Waals surface area contributed by atoms with E-state index in [2.05, 4.69) is 23.5 Å². The smallest absolute Gasteiger partial charge is 0.258 e. The van der Waals surface area contributed by atoms with E-state index in [9.17, 15) is 9.18 Å². The molecule has 3 nitrogen and oxygen atoms in total. The van der Waals surface area contributed by atoms with Crippen molar-refractivity contribution >= 4 is 5.91 Å². The van der Waals surface area contributed by atoms with Crippen LogP contribution in [0.3, 0.4) is 0 Å². The molecule has 1 N–H and O–H groups in total. The van der Waals surface area contributed by atoms with Gasteiger partial charge in [-0.15, -0.1) is 0 Å². The second-order valence-corrected chi connectivity index (χ2v) is 6.27. The lowest BCUT2D eigenvalue weighted by Gasteiger charge is -2.20. The first-order chi connectivity index (χ1) is 11.6. The van der Waals surface area contributed by atoms with Gasteiger partial charge in [-0.1, -0.05) is 18.2 Å². The third-order valence-electron chi connectivity index (χ3n) is 4.43. The number of aryl methyl sites for hydroxylation is 2. The van der Waals surface area contributed by atoms with Crippen LogP contribution in [0.2, 0.25) is 0 Å². The number of nitrogens with one attached hydrogen (secondary N) is 1. The van der Waals surface area contributed by atoms with Gasteiger partial charge in [-0.3, -0.25) is 4.79 Å². The molecule has 1 aliphatic rings. The molecule has 0 heterocycles. The fourth-order valence-corrected chi connectivity index (χ4v) is 3.07. The summed E-state index contributed by atoms with van der Waals surface area (Å²) in [6.07, 6.45) is 4.78. The number of hydrogen-bond acceptors (Lipinski definition) is 2. The molecular weight excluding hydrogens is 305 g/mol. The minimum Gasteiger partial charge on any atom is -0.484 e. The van der Waals surface area contributed by atoms with Crippen molar-refractivity contribution in [1.82, 2.24) is 5.32 Å². The van der Waals surface area contributed by atoms with Crippen LogP contribution >= 0.6 is 0 Å². The van der Waals surface area contributed by atoms with Gasteiger partial charge < -0.3 is 10.1 Å². The van der Waals surface area contributed by atoms with E-state index in [0.29, 0.717) is 5.75 Å². The number of hydrogen-bond donors (Lipinski definition) is 1. The maximum absolute atomic E-state index is 12.8. The number of carbonyl (C=O) groups is 1. The van der Waals surface area contributed by atoms with Gasteiger partial charge in [0.05, 0.1) is 6.04 Å². The van der Waals surface area contributed by atoms with E-state index in [1.807, 2.05) is 6.92 Å². The van der Waals surface area contributed by atoms with Crippen molar-refractivity contribution in [2.75, 3.05) is 6.61 Å². The van der Waals surface area contributed by atoms with Crippen LogP contribution in [0, 0.1) is 5.82 Å².